The summed E-state index contributed by atoms with van der Waals surface area (Å²) in [4.78, 5) is 44.6. The number of nitrogens with zero attached hydrogens (tertiary/aromatic N) is 4. The molecule has 2 aliphatic rings. The van der Waals surface area contributed by atoms with Crippen molar-refractivity contribution in [3.63, 3.8) is 0 Å². The molecule has 2 N–H and O–H groups in total. The predicted octanol–water partition coefficient (Wildman–Crippen LogP) is 4.20. The molecule has 0 saturated carbocycles. The summed E-state index contributed by atoms with van der Waals surface area (Å²) in [5, 5.41) is 18.0. The van der Waals surface area contributed by atoms with Crippen LogP contribution < -0.4 is 5.32 Å². The van der Waals surface area contributed by atoms with Crippen LogP contribution in [-0.4, -0.2) is 75.1 Å². The lowest BCUT2D eigenvalue weighted by Crippen LogP contribution is -2.75. The standard InChI is InChI=1S/C34H33N5O4/c1-36-23-32(41)38-30(19-16-24-14-17-28(40)18-15-24)33(42)37(21-27-12-7-11-26-10-5-6-13-29(26)27)22-31(38)39(36)34(43)35-20-25-8-3-2-4-9-25/h2-19,30-31,40H,20-23H2,1H3,(H,35,43)/b19-16+/t30?,31-/m0/s1. The zero-order valence-electron chi connectivity index (χ0n) is 23.8. The molecule has 6 rings (SSSR count). The first-order valence-corrected chi connectivity index (χ1v) is 14.2. The number of hydrogen-bond donors (Lipinski definition) is 2. The van der Waals surface area contributed by atoms with Crippen molar-refractivity contribution >= 4 is 34.7 Å². The Morgan fingerprint density at radius 2 is 1.65 bits per heavy atom. The fourth-order valence-corrected chi connectivity index (χ4v) is 5.85. The van der Waals surface area contributed by atoms with Gasteiger partial charge in [0.15, 0.2) is 0 Å². The van der Waals surface area contributed by atoms with E-state index in [0.717, 1.165) is 27.5 Å². The Balaban J connectivity index is 1.34. The molecule has 9 nitrogen and oxygen atoms in total. The summed E-state index contributed by atoms with van der Waals surface area (Å²) in [6.07, 6.45) is 2.76. The first-order valence-electron chi connectivity index (χ1n) is 14.2. The lowest BCUT2D eigenvalue weighted by atomic mass is 10.0. The lowest BCUT2D eigenvalue weighted by molar-refractivity contribution is -0.184. The lowest BCUT2D eigenvalue weighted by Gasteiger charge is -2.54. The number of piperazine rings is 1. The Morgan fingerprint density at radius 3 is 2.44 bits per heavy atom. The van der Waals surface area contributed by atoms with Crippen molar-refractivity contribution in [3.05, 3.63) is 120 Å². The Morgan fingerprint density at radius 1 is 0.930 bits per heavy atom. The number of rotatable bonds is 6. The molecule has 2 heterocycles. The number of carbonyl (C=O) groups is 3. The molecule has 0 radical (unpaired) electrons. The summed E-state index contributed by atoms with van der Waals surface area (Å²) in [5.74, 6) is -0.321. The molecule has 4 aromatic carbocycles. The highest BCUT2D eigenvalue weighted by molar-refractivity contribution is 5.94. The molecule has 0 bridgehead atoms. The molecule has 4 aromatic rings. The summed E-state index contributed by atoms with van der Waals surface area (Å²) >= 11 is 0. The summed E-state index contributed by atoms with van der Waals surface area (Å²) in [5.41, 5.74) is 2.71. The van der Waals surface area contributed by atoms with E-state index in [-0.39, 0.29) is 36.7 Å². The molecular formula is C34H33N5O4. The van der Waals surface area contributed by atoms with Crippen LogP contribution in [0.4, 0.5) is 4.79 Å². The monoisotopic (exact) mass is 575 g/mol. The van der Waals surface area contributed by atoms with Gasteiger partial charge < -0.3 is 20.2 Å². The third kappa shape index (κ3) is 5.80. The topological polar surface area (TPSA) is 96.4 Å². The van der Waals surface area contributed by atoms with Gasteiger partial charge in [-0.25, -0.2) is 14.8 Å². The maximum atomic E-state index is 14.1. The number of urea groups is 1. The molecule has 0 spiro atoms. The summed E-state index contributed by atoms with van der Waals surface area (Å²) < 4.78 is 0. The Hall–Kier alpha value is -5.15. The van der Waals surface area contributed by atoms with Crippen LogP contribution in [0, 0.1) is 0 Å². The van der Waals surface area contributed by atoms with E-state index < -0.39 is 12.2 Å². The molecular weight excluding hydrogens is 542 g/mol. The highest BCUT2D eigenvalue weighted by Gasteiger charge is 2.50. The fraction of sp³-hybridized carbons (Fsp3) is 0.206. The third-order valence-corrected chi connectivity index (χ3v) is 7.97. The maximum absolute atomic E-state index is 14.1. The average Bonchev–Trinajstić information content (AvgIpc) is 3.01. The van der Waals surface area contributed by atoms with Gasteiger partial charge in [0, 0.05) is 20.1 Å². The largest absolute Gasteiger partial charge is 0.508 e. The summed E-state index contributed by atoms with van der Waals surface area (Å²) in [7, 11) is 1.71. The zero-order valence-corrected chi connectivity index (χ0v) is 23.8. The van der Waals surface area contributed by atoms with E-state index in [1.54, 1.807) is 58.4 Å². The first kappa shape index (κ1) is 28.0. The van der Waals surface area contributed by atoms with Crippen LogP contribution in [0.3, 0.4) is 0 Å². The average molecular weight is 576 g/mol. The Labute approximate surface area is 250 Å². The molecule has 2 fully saturated rings. The van der Waals surface area contributed by atoms with Gasteiger partial charge in [-0.3, -0.25) is 9.59 Å². The molecule has 2 atom stereocenters. The van der Waals surface area contributed by atoms with Gasteiger partial charge in [-0.2, -0.15) is 0 Å². The highest BCUT2D eigenvalue weighted by Crippen LogP contribution is 2.29. The third-order valence-electron chi connectivity index (χ3n) is 7.97. The quantitative estimate of drug-likeness (QED) is 0.360. The summed E-state index contributed by atoms with van der Waals surface area (Å²) in [6, 6.07) is 29.0. The van der Waals surface area contributed by atoms with E-state index in [1.165, 1.54) is 4.90 Å². The maximum Gasteiger partial charge on any atom is 0.334 e. The van der Waals surface area contributed by atoms with E-state index in [9.17, 15) is 19.5 Å². The molecule has 4 amide bonds. The van der Waals surface area contributed by atoms with E-state index in [0.29, 0.717) is 13.1 Å². The number of hydrazine groups is 1. The molecule has 9 heteroatoms. The van der Waals surface area contributed by atoms with Gasteiger partial charge in [0.25, 0.3) is 0 Å². The molecule has 0 aliphatic carbocycles. The molecule has 2 aliphatic heterocycles. The molecule has 2 saturated heterocycles. The minimum Gasteiger partial charge on any atom is -0.508 e. The minimum absolute atomic E-state index is 0.0462. The molecule has 1 unspecified atom stereocenters. The second-order valence-corrected chi connectivity index (χ2v) is 10.8. The smallest absolute Gasteiger partial charge is 0.334 e. The number of fused-ring (bicyclic) bond motifs is 2. The second-order valence-electron chi connectivity index (χ2n) is 10.8. The predicted molar refractivity (Wildman–Crippen MR) is 164 cm³/mol. The van der Waals surface area contributed by atoms with Crippen molar-refractivity contribution in [2.45, 2.75) is 25.3 Å². The normalized spacial score (nSPS) is 19.2. The fourth-order valence-electron chi connectivity index (χ4n) is 5.85. The van der Waals surface area contributed by atoms with E-state index in [2.05, 4.69) is 5.32 Å². The van der Waals surface area contributed by atoms with Gasteiger partial charge in [-0.1, -0.05) is 97.1 Å². The van der Waals surface area contributed by atoms with Crippen LogP contribution in [0.15, 0.2) is 103 Å². The summed E-state index contributed by atoms with van der Waals surface area (Å²) in [6.45, 7) is 0.759. The highest BCUT2D eigenvalue weighted by atomic mass is 16.3. The van der Waals surface area contributed by atoms with E-state index in [1.807, 2.05) is 72.8 Å². The van der Waals surface area contributed by atoms with Crippen molar-refractivity contribution in [3.8, 4) is 5.75 Å². The van der Waals surface area contributed by atoms with Gasteiger partial charge in [0.2, 0.25) is 11.8 Å². The van der Waals surface area contributed by atoms with Gasteiger partial charge in [-0.15, -0.1) is 0 Å². The Bertz CT molecular complexity index is 1670. The van der Waals surface area contributed by atoms with Crippen LogP contribution in [0.2, 0.25) is 0 Å². The van der Waals surface area contributed by atoms with Crippen LogP contribution in [0.1, 0.15) is 16.7 Å². The zero-order chi connectivity index (χ0) is 29.9. The number of nitrogens with one attached hydrogen (secondary N) is 1. The Kier molecular flexibility index (Phi) is 7.81. The van der Waals surface area contributed by atoms with Crippen molar-refractivity contribution < 1.29 is 19.5 Å². The van der Waals surface area contributed by atoms with Gasteiger partial charge in [0.1, 0.15) is 18.0 Å². The number of carbonyl (C=O) groups excluding carboxylic acids is 3. The van der Waals surface area contributed by atoms with Crippen molar-refractivity contribution in [2.75, 3.05) is 20.1 Å². The van der Waals surface area contributed by atoms with Gasteiger partial charge >= 0.3 is 6.03 Å². The van der Waals surface area contributed by atoms with Crippen LogP contribution in [-0.2, 0) is 22.7 Å². The second kappa shape index (κ2) is 12.0. The molecule has 218 valence electrons. The van der Waals surface area contributed by atoms with Crippen molar-refractivity contribution in [2.24, 2.45) is 0 Å². The number of hydrogen-bond acceptors (Lipinski definition) is 5. The number of aromatic hydroxyl groups is 1. The van der Waals surface area contributed by atoms with Crippen LogP contribution in [0.5, 0.6) is 5.75 Å². The molecule has 0 aromatic heterocycles. The van der Waals surface area contributed by atoms with Crippen LogP contribution >= 0.6 is 0 Å². The van der Waals surface area contributed by atoms with Crippen LogP contribution in [0.25, 0.3) is 16.8 Å². The van der Waals surface area contributed by atoms with E-state index >= 15 is 0 Å². The number of likely N-dealkylation sites (N-methyl/N-ethyl adjacent to an activating group) is 1. The number of amides is 4. The number of phenols is 1. The number of benzene rings is 4. The van der Waals surface area contributed by atoms with Crippen molar-refractivity contribution in [1.29, 1.82) is 0 Å². The van der Waals surface area contributed by atoms with E-state index in [4.69, 9.17) is 0 Å². The first-order chi connectivity index (χ1) is 20.9. The van der Waals surface area contributed by atoms with Gasteiger partial charge in [-0.05, 0) is 39.6 Å². The number of phenolic OH excluding ortho intramolecular Hbond substituents is 1. The SMILES string of the molecule is CN1CC(=O)N2C(/C=C/c3ccc(O)cc3)C(=O)N(Cc3cccc4ccccc34)C[C@@H]2N1C(=O)NCc1ccccc1. The van der Waals surface area contributed by atoms with Crippen molar-refractivity contribution in [1.82, 2.24) is 25.1 Å². The molecule has 43 heavy (non-hydrogen) atoms. The van der Waals surface area contributed by atoms with Gasteiger partial charge in [0.05, 0.1) is 13.1 Å². The minimum atomic E-state index is -0.923.